The number of hydrogen-bond donors (Lipinski definition) is 0. The number of para-hydroxylation sites is 2. The standard InChI is InChI=1S/C19H24N2O3/c22-18(21(15-9-10-15)14-5-1-2-6-14)11-12-20-16-7-3-4-8-17(16)24-13-19(20)23/h3-4,7-8,14-15H,1-2,5-6,9-13H2. The summed E-state index contributed by atoms with van der Waals surface area (Å²) < 4.78 is 5.46. The van der Waals surface area contributed by atoms with Gasteiger partial charge < -0.3 is 14.5 Å². The van der Waals surface area contributed by atoms with Crippen LogP contribution in [0.4, 0.5) is 5.69 Å². The summed E-state index contributed by atoms with van der Waals surface area (Å²) in [5, 5.41) is 0. The maximum Gasteiger partial charge on any atom is 0.265 e. The van der Waals surface area contributed by atoms with Gasteiger partial charge in [-0.05, 0) is 37.8 Å². The molecule has 2 saturated carbocycles. The highest BCUT2D eigenvalue weighted by Crippen LogP contribution is 2.35. The molecular weight excluding hydrogens is 304 g/mol. The van der Waals surface area contributed by atoms with Crippen LogP contribution in [0.1, 0.15) is 44.9 Å². The molecule has 2 aliphatic carbocycles. The van der Waals surface area contributed by atoms with E-state index in [1.54, 1.807) is 4.90 Å². The molecule has 5 nitrogen and oxygen atoms in total. The van der Waals surface area contributed by atoms with Crippen molar-refractivity contribution in [2.45, 2.75) is 57.0 Å². The number of rotatable bonds is 5. The first kappa shape index (κ1) is 15.5. The minimum Gasteiger partial charge on any atom is -0.482 e. The Labute approximate surface area is 142 Å². The Balaban J connectivity index is 1.44. The summed E-state index contributed by atoms with van der Waals surface area (Å²) in [5.41, 5.74) is 0.778. The van der Waals surface area contributed by atoms with Crippen molar-refractivity contribution in [1.82, 2.24) is 4.90 Å². The largest absolute Gasteiger partial charge is 0.482 e. The summed E-state index contributed by atoms with van der Waals surface area (Å²) in [4.78, 5) is 28.9. The molecule has 0 bridgehead atoms. The second kappa shape index (κ2) is 6.46. The predicted octanol–water partition coefficient (Wildman–Crippen LogP) is 2.74. The molecule has 0 unspecified atom stereocenters. The van der Waals surface area contributed by atoms with E-state index in [4.69, 9.17) is 4.74 Å². The molecule has 0 radical (unpaired) electrons. The lowest BCUT2D eigenvalue weighted by Crippen LogP contribution is -2.44. The summed E-state index contributed by atoms with van der Waals surface area (Å²) in [6, 6.07) is 8.42. The van der Waals surface area contributed by atoms with Gasteiger partial charge in [-0.2, -0.15) is 0 Å². The molecule has 3 aliphatic rings. The van der Waals surface area contributed by atoms with E-state index >= 15 is 0 Å². The first-order chi connectivity index (χ1) is 11.7. The van der Waals surface area contributed by atoms with Crippen LogP contribution < -0.4 is 9.64 Å². The highest BCUT2D eigenvalue weighted by Gasteiger charge is 2.38. The van der Waals surface area contributed by atoms with Gasteiger partial charge in [0.05, 0.1) is 5.69 Å². The van der Waals surface area contributed by atoms with Crippen LogP contribution in [0.5, 0.6) is 5.75 Å². The smallest absolute Gasteiger partial charge is 0.265 e. The molecule has 0 atom stereocenters. The second-order valence-electron chi connectivity index (χ2n) is 7.02. The maximum absolute atomic E-state index is 12.8. The monoisotopic (exact) mass is 328 g/mol. The van der Waals surface area contributed by atoms with Gasteiger partial charge in [-0.1, -0.05) is 25.0 Å². The zero-order valence-corrected chi connectivity index (χ0v) is 13.9. The van der Waals surface area contributed by atoms with Gasteiger partial charge in [-0.3, -0.25) is 9.59 Å². The zero-order valence-electron chi connectivity index (χ0n) is 13.9. The highest BCUT2D eigenvalue weighted by molar-refractivity contribution is 5.98. The summed E-state index contributed by atoms with van der Waals surface area (Å²) in [6.07, 6.45) is 7.42. The third-order valence-electron chi connectivity index (χ3n) is 5.30. The van der Waals surface area contributed by atoms with Gasteiger partial charge >= 0.3 is 0 Å². The van der Waals surface area contributed by atoms with E-state index in [0.29, 0.717) is 25.0 Å². The van der Waals surface area contributed by atoms with Crippen LogP contribution in [-0.4, -0.2) is 41.9 Å². The van der Waals surface area contributed by atoms with E-state index in [1.807, 2.05) is 24.3 Å². The third-order valence-corrected chi connectivity index (χ3v) is 5.30. The Morgan fingerprint density at radius 1 is 1.12 bits per heavy atom. The average Bonchev–Trinajstić information content (AvgIpc) is 3.28. The lowest BCUT2D eigenvalue weighted by atomic mass is 10.1. The molecule has 2 fully saturated rings. The number of amides is 2. The third kappa shape index (κ3) is 2.99. The number of anilines is 1. The molecule has 4 rings (SSSR count). The van der Waals surface area contributed by atoms with Crippen LogP contribution in [0.3, 0.4) is 0 Å². The van der Waals surface area contributed by atoms with E-state index in [9.17, 15) is 9.59 Å². The number of ether oxygens (including phenoxy) is 1. The van der Waals surface area contributed by atoms with Crippen molar-refractivity contribution in [3.05, 3.63) is 24.3 Å². The number of carbonyl (C=O) groups is 2. The predicted molar refractivity (Wildman–Crippen MR) is 91.0 cm³/mol. The molecule has 1 aromatic carbocycles. The first-order valence-corrected chi connectivity index (χ1v) is 9.07. The number of fused-ring (bicyclic) bond motifs is 1. The Morgan fingerprint density at radius 2 is 1.83 bits per heavy atom. The molecule has 128 valence electrons. The Kier molecular flexibility index (Phi) is 4.17. The van der Waals surface area contributed by atoms with Gasteiger partial charge in [0, 0.05) is 25.0 Å². The minimum absolute atomic E-state index is 0.0557. The van der Waals surface area contributed by atoms with Crippen LogP contribution in [0.15, 0.2) is 24.3 Å². The molecule has 5 heteroatoms. The van der Waals surface area contributed by atoms with Gasteiger partial charge in [0.1, 0.15) is 5.75 Å². The molecule has 24 heavy (non-hydrogen) atoms. The molecule has 0 spiro atoms. The van der Waals surface area contributed by atoms with Crippen molar-refractivity contribution in [3.63, 3.8) is 0 Å². The van der Waals surface area contributed by atoms with Gasteiger partial charge in [0.2, 0.25) is 5.91 Å². The summed E-state index contributed by atoms with van der Waals surface area (Å²) in [5.74, 6) is 0.862. The minimum atomic E-state index is -0.0691. The normalized spacial score (nSPS) is 20.7. The van der Waals surface area contributed by atoms with Crippen LogP contribution in [0.25, 0.3) is 0 Å². The first-order valence-electron chi connectivity index (χ1n) is 9.07. The summed E-state index contributed by atoms with van der Waals surface area (Å²) >= 11 is 0. The van der Waals surface area contributed by atoms with Crippen molar-refractivity contribution in [2.24, 2.45) is 0 Å². The molecule has 1 aliphatic heterocycles. The van der Waals surface area contributed by atoms with Crippen molar-refractivity contribution >= 4 is 17.5 Å². The molecule has 0 N–H and O–H groups in total. The molecule has 1 heterocycles. The number of carbonyl (C=O) groups excluding carboxylic acids is 2. The number of nitrogens with zero attached hydrogens (tertiary/aromatic N) is 2. The molecule has 1 aromatic rings. The van der Waals surface area contributed by atoms with Crippen LogP contribution in [0.2, 0.25) is 0 Å². The molecule has 0 aromatic heterocycles. The van der Waals surface area contributed by atoms with Crippen molar-refractivity contribution in [3.8, 4) is 5.75 Å². The van der Waals surface area contributed by atoms with E-state index in [-0.39, 0.29) is 18.4 Å². The number of benzene rings is 1. The SMILES string of the molecule is O=C1COc2ccccc2N1CCC(=O)N(C1CCCC1)C1CC1. The van der Waals surface area contributed by atoms with E-state index in [0.717, 1.165) is 37.1 Å². The Hall–Kier alpha value is -2.04. The van der Waals surface area contributed by atoms with Crippen molar-refractivity contribution in [1.29, 1.82) is 0 Å². The zero-order chi connectivity index (χ0) is 16.5. The highest BCUT2D eigenvalue weighted by atomic mass is 16.5. The molecule has 2 amide bonds. The van der Waals surface area contributed by atoms with E-state index in [2.05, 4.69) is 4.90 Å². The average molecular weight is 328 g/mol. The van der Waals surface area contributed by atoms with Gasteiger partial charge in [-0.15, -0.1) is 0 Å². The van der Waals surface area contributed by atoms with E-state index < -0.39 is 0 Å². The fourth-order valence-corrected chi connectivity index (χ4v) is 3.98. The quantitative estimate of drug-likeness (QED) is 0.835. The lowest BCUT2D eigenvalue weighted by molar-refractivity contribution is -0.134. The fourth-order valence-electron chi connectivity index (χ4n) is 3.98. The summed E-state index contributed by atoms with van der Waals surface area (Å²) in [6.45, 7) is 0.494. The number of hydrogen-bond acceptors (Lipinski definition) is 3. The Morgan fingerprint density at radius 3 is 2.58 bits per heavy atom. The van der Waals surface area contributed by atoms with Gasteiger partial charge in [0.25, 0.3) is 5.91 Å². The van der Waals surface area contributed by atoms with Crippen molar-refractivity contribution < 1.29 is 14.3 Å². The maximum atomic E-state index is 12.8. The van der Waals surface area contributed by atoms with Crippen LogP contribution in [0, 0.1) is 0 Å². The second-order valence-corrected chi connectivity index (χ2v) is 7.02. The van der Waals surface area contributed by atoms with Gasteiger partial charge in [0.15, 0.2) is 6.61 Å². The lowest BCUT2D eigenvalue weighted by Gasteiger charge is -2.32. The topological polar surface area (TPSA) is 49.9 Å². The molecular formula is C19H24N2O3. The molecule has 0 saturated heterocycles. The van der Waals surface area contributed by atoms with Crippen LogP contribution in [-0.2, 0) is 9.59 Å². The Bertz CT molecular complexity index is 635. The van der Waals surface area contributed by atoms with Crippen LogP contribution >= 0.6 is 0 Å². The van der Waals surface area contributed by atoms with Gasteiger partial charge in [-0.25, -0.2) is 0 Å². The summed E-state index contributed by atoms with van der Waals surface area (Å²) in [7, 11) is 0. The fraction of sp³-hybridized carbons (Fsp3) is 0.579. The van der Waals surface area contributed by atoms with Crippen molar-refractivity contribution in [2.75, 3.05) is 18.1 Å². The van der Waals surface area contributed by atoms with E-state index in [1.165, 1.54) is 12.8 Å².